The summed E-state index contributed by atoms with van der Waals surface area (Å²) >= 11 is 0. The van der Waals surface area contributed by atoms with Gasteiger partial charge >= 0.3 is 0 Å². The lowest BCUT2D eigenvalue weighted by molar-refractivity contribution is -0.145. The third-order valence-corrected chi connectivity index (χ3v) is 2.01. The highest BCUT2D eigenvalue weighted by molar-refractivity contribution is 6.02. The van der Waals surface area contributed by atoms with Gasteiger partial charge in [-0.15, -0.1) is 0 Å². The number of rotatable bonds is 3. The van der Waals surface area contributed by atoms with E-state index in [0.717, 1.165) is 0 Å². The van der Waals surface area contributed by atoms with Crippen LogP contribution in [-0.4, -0.2) is 48.2 Å². The number of piperazine rings is 1. The van der Waals surface area contributed by atoms with E-state index in [1.807, 2.05) is 0 Å². The second-order valence-electron chi connectivity index (χ2n) is 3.45. The molecule has 1 saturated heterocycles. The first-order valence-electron chi connectivity index (χ1n) is 4.84. The number of imide groups is 1. The van der Waals surface area contributed by atoms with E-state index in [-0.39, 0.29) is 37.9 Å². The van der Waals surface area contributed by atoms with Gasteiger partial charge in [0.15, 0.2) is 0 Å². The van der Waals surface area contributed by atoms with Gasteiger partial charge in [0, 0.05) is 19.9 Å². The van der Waals surface area contributed by atoms with Gasteiger partial charge in [-0.05, 0) is 0 Å². The van der Waals surface area contributed by atoms with Crippen molar-refractivity contribution in [3.05, 3.63) is 0 Å². The SMILES string of the molecule is CC(=O)NCCC(=O)N1CC(=O)NC(=O)C1. The first-order valence-corrected chi connectivity index (χ1v) is 4.84. The summed E-state index contributed by atoms with van der Waals surface area (Å²) in [6.07, 6.45) is 0.0835. The van der Waals surface area contributed by atoms with Gasteiger partial charge in [-0.25, -0.2) is 0 Å². The lowest BCUT2D eigenvalue weighted by atomic mass is 10.3. The van der Waals surface area contributed by atoms with Crippen molar-refractivity contribution < 1.29 is 19.2 Å². The molecular formula is C9H13N3O4. The quantitative estimate of drug-likeness (QED) is 0.545. The van der Waals surface area contributed by atoms with Crippen LogP contribution in [0.2, 0.25) is 0 Å². The van der Waals surface area contributed by atoms with Gasteiger partial charge in [-0.2, -0.15) is 0 Å². The van der Waals surface area contributed by atoms with E-state index in [1.54, 1.807) is 0 Å². The van der Waals surface area contributed by atoms with E-state index < -0.39 is 11.8 Å². The summed E-state index contributed by atoms with van der Waals surface area (Å²) in [5.41, 5.74) is 0. The summed E-state index contributed by atoms with van der Waals surface area (Å²) in [6.45, 7) is 1.35. The molecule has 0 aliphatic carbocycles. The van der Waals surface area contributed by atoms with E-state index in [4.69, 9.17) is 0 Å². The van der Waals surface area contributed by atoms with Gasteiger partial charge in [0.1, 0.15) is 13.1 Å². The van der Waals surface area contributed by atoms with Crippen molar-refractivity contribution in [2.24, 2.45) is 0 Å². The molecule has 2 N–H and O–H groups in total. The minimum Gasteiger partial charge on any atom is -0.356 e. The molecule has 88 valence electrons. The summed E-state index contributed by atoms with van der Waals surface area (Å²) < 4.78 is 0. The molecule has 7 nitrogen and oxygen atoms in total. The van der Waals surface area contributed by atoms with Crippen molar-refractivity contribution in [3.63, 3.8) is 0 Å². The van der Waals surface area contributed by atoms with Crippen LogP contribution in [0.4, 0.5) is 0 Å². The van der Waals surface area contributed by atoms with Crippen LogP contribution in [-0.2, 0) is 19.2 Å². The third kappa shape index (κ3) is 3.68. The van der Waals surface area contributed by atoms with Crippen molar-refractivity contribution in [2.75, 3.05) is 19.6 Å². The highest BCUT2D eigenvalue weighted by Crippen LogP contribution is 1.98. The molecule has 0 atom stereocenters. The normalized spacial score (nSPS) is 15.7. The van der Waals surface area contributed by atoms with E-state index >= 15 is 0 Å². The fourth-order valence-electron chi connectivity index (χ4n) is 1.32. The van der Waals surface area contributed by atoms with Crippen LogP contribution in [0.3, 0.4) is 0 Å². The topological polar surface area (TPSA) is 95.6 Å². The second kappa shape index (κ2) is 5.24. The Hall–Kier alpha value is -1.92. The molecule has 0 aromatic heterocycles. The van der Waals surface area contributed by atoms with Gasteiger partial charge in [0.2, 0.25) is 23.6 Å². The molecule has 0 spiro atoms. The molecule has 4 amide bonds. The fourth-order valence-corrected chi connectivity index (χ4v) is 1.32. The number of hydrogen-bond donors (Lipinski definition) is 2. The average molecular weight is 227 g/mol. The van der Waals surface area contributed by atoms with E-state index in [9.17, 15) is 19.2 Å². The molecule has 0 radical (unpaired) electrons. The first-order chi connectivity index (χ1) is 7.49. The number of amides is 4. The summed E-state index contributed by atoms with van der Waals surface area (Å²) in [4.78, 5) is 45.2. The molecular weight excluding hydrogens is 214 g/mol. The molecule has 0 saturated carbocycles. The van der Waals surface area contributed by atoms with Crippen LogP contribution in [0.5, 0.6) is 0 Å². The highest BCUT2D eigenvalue weighted by atomic mass is 16.2. The summed E-state index contributed by atoms with van der Waals surface area (Å²) in [6, 6.07) is 0. The lowest BCUT2D eigenvalue weighted by Crippen LogP contribution is -2.53. The van der Waals surface area contributed by atoms with Crippen LogP contribution in [0.1, 0.15) is 13.3 Å². The summed E-state index contributed by atoms with van der Waals surface area (Å²) in [5, 5.41) is 4.56. The van der Waals surface area contributed by atoms with Crippen LogP contribution in [0, 0.1) is 0 Å². The van der Waals surface area contributed by atoms with E-state index in [1.165, 1.54) is 11.8 Å². The van der Waals surface area contributed by atoms with Gasteiger partial charge in [-0.1, -0.05) is 0 Å². The van der Waals surface area contributed by atoms with Crippen LogP contribution in [0.15, 0.2) is 0 Å². The Kier molecular flexibility index (Phi) is 3.98. The van der Waals surface area contributed by atoms with Crippen molar-refractivity contribution in [3.8, 4) is 0 Å². The number of carbonyl (C=O) groups is 4. The maximum Gasteiger partial charge on any atom is 0.246 e. The number of nitrogens with one attached hydrogen (secondary N) is 2. The molecule has 1 fully saturated rings. The standard InChI is InChI=1S/C9H13N3O4/c1-6(13)10-3-2-9(16)12-4-7(14)11-8(15)5-12/h2-5H2,1H3,(H,10,13)(H,11,14,15). The van der Waals surface area contributed by atoms with Gasteiger partial charge in [0.25, 0.3) is 0 Å². The van der Waals surface area contributed by atoms with Crippen LogP contribution >= 0.6 is 0 Å². The van der Waals surface area contributed by atoms with E-state index in [2.05, 4.69) is 10.6 Å². The minimum absolute atomic E-state index is 0.0835. The maximum absolute atomic E-state index is 11.5. The zero-order valence-corrected chi connectivity index (χ0v) is 8.91. The predicted octanol–water partition coefficient (Wildman–Crippen LogP) is -2.00. The average Bonchev–Trinajstić information content (AvgIpc) is 2.15. The van der Waals surface area contributed by atoms with Gasteiger partial charge in [0.05, 0.1) is 0 Å². The Balaban J connectivity index is 2.38. The molecule has 7 heteroatoms. The van der Waals surface area contributed by atoms with Crippen molar-refractivity contribution in [1.82, 2.24) is 15.5 Å². The lowest BCUT2D eigenvalue weighted by Gasteiger charge is -2.25. The Morgan fingerprint density at radius 2 is 1.88 bits per heavy atom. The molecule has 0 aromatic carbocycles. The Labute approximate surface area is 92.2 Å². The molecule has 0 bridgehead atoms. The zero-order chi connectivity index (χ0) is 12.1. The number of nitrogens with zero attached hydrogens (tertiary/aromatic N) is 1. The summed E-state index contributed by atoms with van der Waals surface area (Å²) in [5.74, 6) is -1.51. The minimum atomic E-state index is -0.482. The molecule has 0 aromatic rings. The van der Waals surface area contributed by atoms with Crippen molar-refractivity contribution in [2.45, 2.75) is 13.3 Å². The number of carbonyl (C=O) groups excluding carboxylic acids is 4. The second-order valence-corrected chi connectivity index (χ2v) is 3.45. The molecule has 1 aliphatic heterocycles. The fraction of sp³-hybridized carbons (Fsp3) is 0.556. The predicted molar refractivity (Wildman–Crippen MR) is 53.0 cm³/mol. The molecule has 1 aliphatic rings. The van der Waals surface area contributed by atoms with Gasteiger partial charge in [-0.3, -0.25) is 24.5 Å². The smallest absolute Gasteiger partial charge is 0.246 e. The summed E-state index contributed by atoms with van der Waals surface area (Å²) in [7, 11) is 0. The van der Waals surface area contributed by atoms with Crippen LogP contribution in [0.25, 0.3) is 0 Å². The van der Waals surface area contributed by atoms with Crippen LogP contribution < -0.4 is 10.6 Å². The monoisotopic (exact) mass is 227 g/mol. The van der Waals surface area contributed by atoms with Crippen molar-refractivity contribution >= 4 is 23.6 Å². The Bertz CT molecular complexity index is 324. The number of hydrogen-bond acceptors (Lipinski definition) is 4. The molecule has 1 heterocycles. The largest absolute Gasteiger partial charge is 0.356 e. The van der Waals surface area contributed by atoms with Gasteiger partial charge < -0.3 is 10.2 Å². The molecule has 1 rings (SSSR count). The maximum atomic E-state index is 11.5. The molecule has 0 unspecified atom stereocenters. The van der Waals surface area contributed by atoms with Crippen molar-refractivity contribution in [1.29, 1.82) is 0 Å². The Morgan fingerprint density at radius 1 is 1.31 bits per heavy atom. The molecule has 16 heavy (non-hydrogen) atoms. The Morgan fingerprint density at radius 3 is 2.38 bits per heavy atom. The third-order valence-electron chi connectivity index (χ3n) is 2.01. The highest BCUT2D eigenvalue weighted by Gasteiger charge is 2.25. The first kappa shape index (κ1) is 12.2. The zero-order valence-electron chi connectivity index (χ0n) is 8.91. The van der Waals surface area contributed by atoms with E-state index in [0.29, 0.717) is 0 Å².